The van der Waals surface area contributed by atoms with Crippen molar-refractivity contribution in [1.29, 1.82) is 0 Å². The molecule has 0 bridgehead atoms. The minimum absolute atomic E-state index is 0.0827. The van der Waals surface area contributed by atoms with E-state index < -0.39 is 11.9 Å². The standard InChI is InChI=1S/C29H33NO4/c1-4-20-11-13-22(14-12-20)27-26(29(32)34-16-15-33-5-2)19(3)30-24-17-23(18-25(31)28(24)27)21-9-7-6-8-10-21/h6-14,23,27,30H,4-5,15-18H2,1-3H3/t23-,27+/m0/s1. The van der Waals surface area contributed by atoms with Gasteiger partial charge >= 0.3 is 5.97 Å². The van der Waals surface area contributed by atoms with Crippen LogP contribution < -0.4 is 5.32 Å². The summed E-state index contributed by atoms with van der Waals surface area (Å²) in [4.78, 5) is 26.8. The van der Waals surface area contributed by atoms with E-state index in [1.165, 1.54) is 5.56 Å². The van der Waals surface area contributed by atoms with Crippen LogP contribution in [0.3, 0.4) is 0 Å². The van der Waals surface area contributed by atoms with Gasteiger partial charge in [0.15, 0.2) is 5.78 Å². The highest BCUT2D eigenvalue weighted by Crippen LogP contribution is 2.45. The van der Waals surface area contributed by atoms with Gasteiger partial charge in [-0.05, 0) is 49.3 Å². The molecule has 5 heteroatoms. The zero-order chi connectivity index (χ0) is 24.1. The highest BCUT2D eigenvalue weighted by atomic mass is 16.6. The molecule has 0 fully saturated rings. The van der Waals surface area contributed by atoms with Crippen molar-refractivity contribution >= 4 is 11.8 Å². The second-order valence-corrected chi connectivity index (χ2v) is 8.86. The molecule has 0 aromatic heterocycles. The maximum Gasteiger partial charge on any atom is 0.336 e. The molecule has 2 aromatic carbocycles. The van der Waals surface area contributed by atoms with E-state index in [1.807, 2.05) is 44.2 Å². The molecule has 1 aliphatic carbocycles. The normalized spacial score (nSPS) is 20.1. The Hall–Kier alpha value is -3.18. The summed E-state index contributed by atoms with van der Waals surface area (Å²) < 4.78 is 10.9. The van der Waals surface area contributed by atoms with Crippen LogP contribution in [0.25, 0.3) is 0 Å². The lowest BCUT2D eigenvalue weighted by molar-refractivity contribution is -0.140. The lowest BCUT2D eigenvalue weighted by atomic mass is 9.71. The maximum atomic E-state index is 13.6. The molecule has 1 aliphatic heterocycles. The molecule has 0 saturated carbocycles. The van der Waals surface area contributed by atoms with Crippen LogP contribution in [-0.4, -0.2) is 31.6 Å². The predicted molar refractivity (Wildman–Crippen MR) is 132 cm³/mol. The van der Waals surface area contributed by atoms with Crippen LogP contribution in [0.5, 0.6) is 0 Å². The third-order valence-electron chi connectivity index (χ3n) is 6.70. The van der Waals surface area contributed by atoms with E-state index in [4.69, 9.17) is 9.47 Å². The molecule has 2 aliphatic rings. The Labute approximate surface area is 201 Å². The van der Waals surface area contributed by atoms with Gasteiger partial charge in [0.1, 0.15) is 6.61 Å². The fourth-order valence-corrected chi connectivity index (χ4v) is 4.97. The Morgan fingerprint density at radius 2 is 1.71 bits per heavy atom. The smallest absolute Gasteiger partial charge is 0.336 e. The van der Waals surface area contributed by atoms with E-state index in [0.717, 1.165) is 35.4 Å². The molecule has 0 radical (unpaired) electrons. The monoisotopic (exact) mass is 459 g/mol. The topological polar surface area (TPSA) is 64.6 Å². The Morgan fingerprint density at radius 1 is 0.971 bits per heavy atom. The number of carbonyl (C=O) groups is 2. The van der Waals surface area contributed by atoms with E-state index in [2.05, 4.69) is 36.5 Å². The number of ketones is 1. The fraction of sp³-hybridized carbons (Fsp3) is 0.379. The number of hydrogen-bond acceptors (Lipinski definition) is 5. The van der Waals surface area contributed by atoms with Gasteiger partial charge in [-0.2, -0.15) is 0 Å². The van der Waals surface area contributed by atoms with Gasteiger partial charge in [-0.1, -0.05) is 61.5 Å². The van der Waals surface area contributed by atoms with Crippen LogP contribution in [0, 0.1) is 0 Å². The van der Waals surface area contributed by atoms with Crippen molar-refractivity contribution in [3.8, 4) is 0 Å². The minimum Gasteiger partial charge on any atom is -0.460 e. The Morgan fingerprint density at radius 3 is 2.38 bits per heavy atom. The zero-order valence-corrected chi connectivity index (χ0v) is 20.2. The van der Waals surface area contributed by atoms with Crippen molar-refractivity contribution in [2.24, 2.45) is 0 Å². The van der Waals surface area contributed by atoms with Gasteiger partial charge in [-0.15, -0.1) is 0 Å². The van der Waals surface area contributed by atoms with Gasteiger partial charge < -0.3 is 14.8 Å². The van der Waals surface area contributed by atoms with Gasteiger partial charge in [-0.3, -0.25) is 4.79 Å². The summed E-state index contributed by atoms with van der Waals surface area (Å²) in [6.45, 7) is 7.01. The third kappa shape index (κ3) is 5.00. The summed E-state index contributed by atoms with van der Waals surface area (Å²) in [5.41, 5.74) is 6.17. The first kappa shape index (κ1) is 24.0. The number of nitrogens with one attached hydrogen (secondary N) is 1. The lowest BCUT2D eigenvalue weighted by Crippen LogP contribution is -2.36. The van der Waals surface area contributed by atoms with Crippen molar-refractivity contribution in [2.45, 2.75) is 51.9 Å². The summed E-state index contributed by atoms with van der Waals surface area (Å²) >= 11 is 0. The van der Waals surface area contributed by atoms with Crippen molar-refractivity contribution in [2.75, 3.05) is 19.8 Å². The summed E-state index contributed by atoms with van der Waals surface area (Å²) in [6.07, 6.45) is 2.09. The van der Waals surface area contributed by atoms with Crippen molar-refractivity contribution in [1.82, 2.24) is 5.32 Å². The number of hydrogen-bond donors (Lipinski definition) is 1. The zero-order valence-electron chi connectivity index (χ0n) is 20.2. The predicted octanol–water partition coefficient (Wildman–Crippen LogP) is 5.19. The van der Waals surface area contributed by atoms with Crippen LogP contribution in [0.1, 0.15) is 62.1 Å². The van der Waals surface area contributed by atoms with Crippen molar-refractivity contribution in [3.63, 3.8) is 0 Å². The average Bonchev–Trinajstić information content (AvgIpc) is 2.86. The Bertz CT molecular complexity index is 1100. The van der Waals surface area contributed by atoms with E-state index >= 15 is 0 Å². The van der Waals surface area contributed by atoms with Crippen molar-refractivity contribution in [3.05, 3.63) is 93.8 Å². The lowest BCUT2D eigenvalue weighted by Gasteiger charge is -2.36. The molecular formula is C29H33NO4. The molecular weight excluding hydrogens is 426 g/mol. The van der Waals surface area contributed by atoms with Gasteiger partial charge in [0, 0.05) is 35.9 Å². The molecule has 0 saturated heterocycles. The SMILES string of the molecule is CCOCCOC(=O)C1=C(C)NC2=C(C(=O)C[C@@H](c3ccccc3)C2)[C@@H]1c1ccc(CC)cc1. The van der Waals surface area contributed by atoms with Crippen LogP contribution >= 0.6 is 0 Å². The van der Waals surface area contributed by atoms with Crippen molar-refractivity contribution < 1.29 is 19.1 Å². The van der Waals surface area contributed by atoms with Crippen LogP contribution in [-0.2, 0) is 25.5 Å². The summed E-state index contributed by atoms with van der Waals surface area (Å²) in [7, 11) is 0. The molecule has 178 valence electrons. The highest BCUT2D eigenvalue weighted by Gasteiger charge is 2.41. The quantitative estimate of drug-likeness (QED) is 0.435. The number of benzene rings is 2. The van der Waals surface area contributed by atoms with Crippen LogP contribution in [0.4, 0.5) is 0 Å². The Balaban J connectivity index is 1.71. The van der Waals surface area contributed by atoms with E-state index in [9.17, 15) is 9.59 Å². The van der Waals surface area contributed by atoms with Gasteiger partial charge in [0.25, 0.3) is 0 Å². The summed E-state index contributed by atoms with van der Waals surface area (Å²) in [5.74, 6) is -0.639. The van der Waals surface area contributed by atoms with E-state index in [0.29, 0.717) is 30.8 Å². The largest absolute Gasteiger partial charge is 0.460 e. The molecule has 2 aromatic rings. The number of aryl methyl sites for hydroxylation is 1. The molecule has 1 N–H and O–H groups in total. The average molecular weight is 460 g/mol. The first-order valence-electron chi connectivity index (χ1n) is 12.2. The molecule has 0 amide bonds. The molecule has 5 nitrogen and oxygen atoms in total. The highest BCUT2D eigenvalue weighted by molar-refractivity contribution is 6.04. The Kier molecular flexibility index (Phi) is 7.63. The number of ether oxygens (including phenoxy) is 2. The second kappa shape index (κ2) is 10.8. The van der Waals surface area contributed by atoms with E-state index in [1.54, 1.807) is 0 Å². The van der Waals surface area contributed by atoms with Gasteiger partial charge in [-0.25, -0.2) is 4.79 Å². The number of Topliss-reactive ketones (excluding diaryl/α,β-unsaturated/α-hetero) is 1. The van der Waals surface area contributed by atoms with Gasteiger partial charge in [0.2, 0.25) is 0 Å². The summed E-state index contributed by atoms with van der Waals surface area (Å²) in [6, 6.07) is 18.4. The molecule has 4 rings (SSSR count). The maximum absolute atomic E-state index is 13.6. The number of rotatable bonds is 8. The first-order chi connectivity index (χ1) is 16.5. The number of carbonyl (C=O) groups excluding carboxylic acids is 2. The van der Waals surface area contributed by atoms with Gasteiger partial charge in [0.05, 0.1) is 12.2 Å². The van der Waals surface area contributed by atoms with Crippen LogP contribution in [0.2, 0.25) is 0 Å². The third-order valence-corrected chi connectivity index (χ3v) is 6.70. The second-order valence-electron chi connectivity index (χ2n) is 8.86. The molecule has 2 atom stereocenters. The van der Waals surface area contributed by atoms with Crippen LogP contribution in [0.15, 0.2) is 77.1 Å². The molecule has 34 heavy (non-hydrogen) atoms. The molecule has 0 unspecified atom stereocenters. The number of allylic oxidation sites excluding steroid dienone is 3. The summed E-state index contributed by atoms with van der Waals surface area (Å²) in [5, 5.41) is 3.41. The first-order valence-corrected chi connectivity index (χ1v) is 12.2. The molecule has 0 spiro atoms. The fourth-order valence-electron chi connectivity index (χ4n) is 4.97. The number of esters is 1. The number of dihydropyridines is 1. The molecule has 1 heterocycles. The minimum atomic E-state index is -0.439. The van der Waals surface area contributed by atoms with E-state index in [-0.39, 0.29) is 18.3 Å².